The van der Waals surface area contributed by atoms with Gasteiger partial charge in [0.2, 0.25) is 11.8 Å². The maximum absolute atomic E-state index is 13.0. The van der Waals surface area contributed by atoms with Crippen LogP contribution in [0.4, 0.5) is 4.39 Å². The van der Waals surface area contributed by atoms with Crippen LogP contribution < -0.4 is 5.32 Å². The van der Waals surface area contributed by atoms with Crippen LogP contribution in [0.3, 0.4) is 0 Å². The van der Waals surface area contributed by atoms with Crippen LogP contribution in [0.1, 0.15) is 38.8 Å². The van der Waals surface area contributed by atoms with Crippen molar-refractivity contribution in [1.82, 2.24) is 10.2 Å². The molecule has 1 heterocycles. The summed E-state index contributed by atoms with van der Waals surface area (Å²) in [4.78, 5) is 26.1. The highest BCUT2D eigenvalue weighted by Crippen LogP contribution is 2.24. The highest BCUT2D eigenvalue weighted by Gasteiger charge is 2.34. The number of nitrogens with zero attached hydrogens (tertiary/aromatic N) is 1. The van der Waals surface area contributed by atoms with Crippen molar-refractivity contribution in [2.75, 3.05) is 6.54 Å². The van der Waals surface area contributed by atoms with Gasteiger partial charge in [-0.1, -0.05) is 26.0 Å². The van der Waals surface area contributed by atoms with Gasteiger partial charge in [-0.25, -0.2) is 4.39 Å². The van der Waals surface area contributed by atoms with Crippen molar-refractivity contribution >= 4 is 11.8 Å². The number of carbonyl (C=O) groups is 2. The molecule has 5 heteroatoms. The van der Waals surface area contributed by atoms with E-state index in [2.05, 4.69) is 5.32 Å². The first-order valence-electron chi connectivity index (χ1n) is 7.25. The lowest BCUT2D eigenvalue weighted by molar-refractivity contribution is -0.136. The van der Waals surface area contributed by atoms with Gasteiger partial charge in [0.25, 0.3) is 0 Å². The highest BCUT2D eigenvalue weighted by molar-refractivity contribution is 5.90. The molecule has 1 N–H and O–H groups in total. The minimum Gasteiger partial charge on any atom is -0.344 e. The van der Waals surface area contributed by atoms with E-state index in [4.69, 9.17) is 0 Å². The summed E-state index contributed by atoms with van der Waals surface area (Å²) in [5, 5.41) is 2.78. The van der Waals surface area contributed by atoms with E-state index in [9.17, 15) is 14.0 Å². The molecule has 2 amide bonds. The molecule has 1 aromatic rings. The fraction of sp³-hybridized carbons (Fsp3) is 0.500. The number of hydrogen-bond acceptors (Lipinski definition) is 2. The molecule has 1 aromatic carbocycles. The molecular formula is C16H21FN2O2. The van der Waals surface area contributed by atoms with Gasteiger partial charge < -0.3 is 10.2 Å². The predicted molar refractivity (Wildman–Crippen MR) is 77.9 cm³/mol. The van der Waals surface area contributed by atoms with Gasteiger partial charge in [-0.2, -0.15) is 0 Å². The van der Waals surface area contributed by atoms with E-state index in [-0.39, 0.29) is 29.6 Å². The fourth-order valence-corrected chi connectivity index (χ4v) is 2.58. The monoisotopic (exact) mass is 292 g/mol. The van der Waals surface area contributed by atoms with Crippen molar-refractivity contribution in [3.05, 3.63) is 35.6 Å². The summed E-state index contributed by atoms with van der Waals surface area (Å²) in [7, 11) is 0. The van der Waals surface area contributed by atoms with Gasteiger partial charge in [0, 0.05) is 13.0 Å². The van der Waals surface area contributed by atoms with Crippen molar-refractivity contribution in [2.24, 2.45) is 5.92 Å². The zero-order valence-electron chi connectivity index (χ0n) is 12.6. The summed E-state index contributed by atoms with van der Waals surface area (Å²) in [5.41, 5.74) is 0.863. The Kier molecular flexibility index (Phi) is 4.60. The molecule has 2 unspecified atom stereocenters. The van der Waals surface area contributed by atoms with E-state index in [1.807, 2.05) is 20.8 Å². The minimum atomic E-state index is -0.497. The van der Waals surface area contributed by atoms with Crippen LogP contribution in [0.5, 0.6) is 0 Å². The van der Waals surface area contributed by atoms with E-state index in [0.29, 0.717) is 13.0 Å². The quantitative estimate of drug-likeness (QED) is 0.929. The van der Waals surface area contributed by atoms with E-state index in [1.165, 1.54) is 12.1 Å². The number of hydrogen-bond donors (Lipinski definition) is 1. The van der Waals surface area contributed by atoms with Gasteiger partial charge in [-0.05, 0) is 30.5 Å². The Morgan fingerprint density at radius 1 is 1.19 bits per heavy atom. The largest absolute Gasteiger partial charge is 0.344 e. The molecule has 0 radical (unpaired) electrons. The van der Waals surface area contributed by atoms with Crippen molar-refractivity contribution in [3.63, 3.8) is 0 Å². The molecule has 4 nitrogen and oxygen atoms in total. The SMILES string of the molecule is CC(C)C1NC(=O)CCN(C(C)c2ccc(F)cc2)C1=O. The number of nitrogens with one attached hydrogen (secondary N) is 1. The van der Waals surface area contributed by atoms with Gasteiger partial charge in [-0.15, -0.1) is 0 Å². The van der Waals surface area contributed by atoms with Crippen molar-refractivity contribution in [1.29, 1.82) is 0 Å². The van der Waals surface area contributed by atoms with Crippen LogP contribution >= 0.6 is 0 Å². The standard InChI is InChI=1S/C16H21FN2O2/c1-10(2)15-16(21)19(9-8-14(20)18-15)11(3)12-4-6-13(17)7-5-12/h4-7,10-11,15H,8-9H2,1-3H3,(H,18,20). The molecule has 0 bridgehead atoms. The molecule has 1 aliphatic rings. The summed E-state index contributed by atoms with van der Waals surface area (Å²) in [6, 6.07) is 5.44. The van der Waals surface area contributed by atoms with Crippen LogP contribution in [-0.4, -0.2) is 29.3 Å². The van der Waals surface area contributed by atoms with Gasteiger partial charge in [0.05, 0.1) is 6.04 Å². The third-order valence-corrected chi connectivity index (χ3v) is 3.93. The first-order chi connectivity index (χ1) is 9.90. The highest BCUT2D eigenvalue weighted by atomic mass is 19.1. The molecule has 0 aromatic heterocycles. The maximum atomic E-state index is 13.0. The molecule has 0 saturated carbocycles. The van der Waals surface area contributed by atoms with Crippen molar-refractivity contribution < 1.29 is 14.0 Å². The fourth-order valence-electron chi connectivity index (χ4n) is 2.58. The molecule has 114 valence electrons. The Bertz CT molecular complexity index is 528. The number of benzene rings is 1. The van der Waals surface area contributed by atoms with E-state index in [0.717, 1.165) is 5.56 Å². The number of halogens is 1. The lowest BCUT2D eigenvalue weighted by atomic mass is 10.0. The van der Waals surface area contributed by atoms with Gasteiger partial charge in [0.1, 0.15) is 11.9 Å². The molecule has 0 aliphatic carbocycles. The summed E-state index contributed by atoms with van der Waals surface area (Å²) < 4.78 is 13.0. The topological polar surface area (TPSA) is 49.4 Å². The third-order valence-electron chi connectivity index (χ3n) is 3.93. The van der Waals surface area contributed by atoms with E-state index >= 15 is 0 Å². The van der Waals surface area contributed by atoms with Crippen LogP contribution in [0.15, 0.2) is 24.3 Å². The normalized spacial score (nSPS) is 21.2. The summed E-state index contributed by atoms with van der Waals surface area (Å²) >= 11 is 0. The zero-order chi connectivity index (χ0) is 15.6. The lowest BCUT2D eigenvalue weighted by Gasteiger charge is -2.31. The maximum Gasteiger partial charge on any atom is 0.245 e. The van der Waals surface area contributed by atoms with Gasteiger partial charge in [-0.3, -0.25) is 9.59 Å². The molecule has 2 rings (SSSR count). The predicted octanol–water partition coefficient (Wildman–Crippen LogP) is 2.26. The first kappa shape index (κ1) is 15.5. The summed E-state index contributed by atoms with van der Waals surface area (Å²) in [5.74, 6) is -0.448. The second kappa shape index (κ2) is 6.24. The molecule has 1 fully saturated rings. The van der Waals surface area contributed by atoms with Crippen LogP contribution in [0.2, 0.25) is 0 Å². The number of rotatable bonds is 3. The number of amides is 2. The Morgan fingerprint density at radius 2 is 1.81 bits per heavy atom. The molecular weight excluding hydrogens is 271 g/mol. The lowest BCUT2D eigenvalue weighted by Crippen LogP contribution is -2.48. The van der Waals surface area contributed by atoms with Gasteiger partial charge in [0.15, 0.2) is 0 Å². The minimum absolute atomic E-state index is 0.0301. The van der Waals surface area contributed by atoms with Crippen LogP contribution in [0, 0.1) is 11.7 Å². The number of carbonyl (C=O) groups excluding carboxylic acids is 2. The van der Waals surface area contributed by atoms with E-state index in [1.54, 1.807) is 17.0 Å². The molecule has 2 atom stereocenters. The average Bonchev–Trinajstić information content (AvgIpc) is 2.58. The molecule has 0 spiro atoms. The molecule has 1 aliphatic heterocycles. The summed E-state index contributed by atoms with van der Waals surface area (Å²) in [6.45, 7) is 6.11. The second-order valence-electron chi connectivity index (χ2n) is 5.80. The Labute approximate surface area is 124 Å². The molecule has 21 heavy (non-hydrogen) atoms. The third kappa shape index (κ3) is 3.40. The Morgan fingerprint density at radius 3 is 2.38 bits per heavy atom. The molecule has 1 saturated heterocycles. The van der Waals surface area contributed by atoms with Crippen molar-refractivity contribution in [3.8, 4) is 0 Å². The summed E-state index contributed by atoms with van der Waals surface area (Å²) in [6.07, 6.45) is 0.292. The van der Waals surface area contributed by atoms with Gasteiger partial charge >= 0.3 is 0 Å². The smallest absolute Gasteiger partial charge is 0.245 e. The van der Waals surface area contributed by atoms with Crippen LogP contribution in [-0.2, 0) is 9.59 Å². The second-order valence-corrected chi connectivity index (χ2v) is 5.80. The Hall–Kier alpha value is -1.91. The van der Waals surface area contributed by atoms with Crippen LogP contribution in [0.25, 0.3) is 0 Å². The van der Waals surface area contributed by atoms with Crippen molar-refractivity contribution in [2.45, 2.75) is 39.3 Å². The Balaban J connectivity index is 2.25. The zero-order valence-corrected chi connectivity index (χ0v) is 12.6. The van der Waals surface area contributed by atoms with E-state index < -0.39 is 6.04 Å². The first-order valence-corrected chi connectivity index (χ1v) is 7.25. The average molecular weight is 292 g/mol.